The predicted molar refractivity (Wildman–Crippen MR) is 83.2 cm³/mol. The third-order valence-electron chi connectivity index (χ3n) is 3.69. The lowest BCUT2D eigenvalue weighted by Gasteiger charge is -2.27. The van der Waals surface area contributed by atoms with Crippen molar-refractivity contribution in [1.82, 2.24) is 15.5 Å². The first-order valence-corrected chi connectivity index (χ1v) is 6.91. The van der Waals surface area contributed by atoms with E-state index in [-0.39, 0.29) is 24.3 Å². The van der Waals surface area contributed by atoms with Crippen molar-refractivity contribution in [3.63, 3.8) is 0 Å². The molecule has 6 nitrogen and oxygen atoms in total. The molecule has 0 aliphatic carbocycles. The summed E-state index contributed by atoms with van der Waals surface area (Å²) < 4.78 is 0. The van der Waals surface area contributed by atoms with Crippen molar-refractivity contribution in [2.45, 2.75) is 0 Å². The number of carbonyl (C=O) groups excluding carboxylic acids is 2. The molecule has 2 aliphatic rings. The largest absolute Gasteiger partial charge is 0.336 e. The SMILES string of the molecule is Cl.O=C(c1ccc(N2CCNC2=O)cc1)N1CCNCC1. The van der Waals surface area contributed by atoms with Gasteiger partial charge in [0.15, 0.2) is 0 Å². The third kappa shape index (κ3) is 3.28. The predicted octanol–water partition coefficient (Wildman–Crippen LogP) is 0.683. The minimum Gasteiger partial charge on any atom is -0.336 e. The molecule has 2 aliphatic heterocycles. The van der Waals surface area contributed by atoms with E-state index in [1.54, 1.807) is 17.0 Å². The van der Waals surface area contributed by atoms with E-state index >= 15 is 0 Å². The molecule has 0 atom stereocenters. The summed E-state index contributed by atoms with van der Waals surface area (Å²) in [6.45, 7) is 4.52. The standard InChI is InChI=1S/C14H18N4O2.ClH/c19-13(17-8-5-15-6-9-17)11-1-3-12(4-2-11)18-10-7-16-14(18)20;/h1-4,15H,5-10H2,(H,16,20);1H. The molecule has 0 saturated carbocycles. The third-order valence-corrected chi connectivity index (χ3v) is 3.69. The van der Waals surface area contributed by atoms with Crippen molar-refractivity contribution in [3.05, 3.63) is 29.8 Å². The molecule has 3 amide bonds. The summed E-state index contributed by atoms with van der Waals surface area (Å²) in [4.78, 5) is 27.4. The topological polar surface area (TPSA) is 64.7 Å². The average molecular weight is 311 g/mol. The van der Waals surface area contributed by atoms with E-state index in [1.807, 2.05) is 17.0 Å². The van der Waals surface area contributed by atoms with Crippen molar-refractivity contribution >= 4 is 30.0 Å². The Bertz CT molecular complexity index is 514. The fourth-order valence-electron chi connectivity index (χ4n) is 2.55. The van der Waals surface area contributed by atoms with Crippen LogP contribution in [-0.4, -0.2) is 56.1 Å². The summed E-state index contributed by atoms with van der Waals surface area (Å²) in [6, 6.07) is 7.18. The molecule has 1 aromatic rings. The van der Waals surface area contributed by atoms with Crippen LogP contribution in [0.15, 0.2) is 24.3 Å². The minimum absolute atomic E-state index is 0. The molecule has 2 N–H and O–H groups in total. The van der Waals surface area contributed by atoms with E-state index in [9.17, 15) is 9.59 Å². The second-order valence-corrected chi connectivity index (χ2v) is 4.97. The monoisotopic (exact) mass is 310 g/mol. The Morgan fingerprint density at radius 3 is 2.24 bits per heavy atom. The quantitative estimate of drug-likeness (QED) is 0.844. The van der Waals surface area contributed by atoms with Gasteiger partial charge < -0.3 is 15.5 Å². The molecule has 0 aromatic heterocycles. The van der Waals surface area contributed by atoms with Crippen LogP contribution in [0.1, 0.15) is 10.4 Å². The Labute approximate surface area is 129 Å². The van der Waals surface area contributed by atoms with Gasteiger partial charge in [-0.3, -0.25) is 9.69 Å². The molecular formula is C14H19ClN4O2. The van der Waals surface area contributed by atoms with Crippen LogP contribution in [0.3, 0.4) is 0 Å². The summed E-state index contributed by atoms with van der Waals surface area (Å²) >= 11 is 0. The molecule has 7 heteroatoms. The second kappa shape index (κ2) is 6.78. The first-order valence-electron chi connectivity index (χ1n) is 6.91. The maximum absolute atomic E-state index is 12.3. The van der Waals surface area contributed by atoms with Crippen molar-refractivity contribution in [2.24, 2.45) is 0 Å². The number of hydrogen-bond acceptors (Lipinski definition) is 3. The molecule has 21 heavy (non-hydrogen) atoms. The molecule has 3 rings (SSSR count). The molecule has 0 spiro atoms. The van der Waals surface area contributed by atoms with Gasteiger partial charge in [-0.1, -0.05) is 0 Å². The molecular weight excluding hydrogens is 292 g/mol. The Kier molecular flexibility index (Phi) is 5.03. The maximum Gasteiger partial charge on any atom is 0.321 e. The number of benzene rings is 1. The van der Waals surface area contributed by atoms with Crippen molar-refractivity contribution in [1.29, 1.82) is 0 Å². The van der Waals surface area contributed by atoms with Crippen molar-refractivity contribution in [3.8, 4) is 0 Å². The summed E-state index contributed by atoms with van der Waals surface area (Å²) in [7, 11) is 0. The number of nitrogens with one attached hydrogen (secondary N) is 2. The lowest BCUT2D eigenvalue weighted by molar-refractivity contribution is 0.0736. The van der Waals surface area contributed by atoms with Crippen LogP contribution >= 0.6 is 12.4 Å². The summed E-state index contributed by atoms with van der Waals surface area (Å²) in [5.74, 6) is 0.0592. The average Bonchev–Trinajstić information content (AvgIpc) is 2.94. The summed E-state index contributed by atoms with van der Waals surface area (Å²) in [5, 5.41) is 5.99. The minimum atomic E-state index is -0.0776. The first kappa shape index (κ1) is 15.6. The number of halogens is 1. The highest BCUT2D eigenvalue weighted by atomic mass is 35.5. The van der Waals surface area contributed by atoms with Crippen molar-refractivity contribution in [2.75, 3.05) is 44.2 Å². The zero-order chi connectivity index (χ0) is 13.9. The Balaban J connectivity index is 0.00000161. The maximum atomic E-state index is 12.3. The van der Waals surface area contributed by atoms with Crippen LogP contribution in [0, 0.1) is 0 Å². The van der Waals surface area contributed by atoms with E-state index in [0.717, 1.165) is 31.9 Å². The molecule has 0 unspecified atom stereocenters. The molecule has 2 saturated heterocycles. The smallest absolute Gasteiger partial charge is 0.321 e. The van der Waals surface area contributed by atoms with Gasteiger partial charge in [0.1, 0.15) is 0 Å². The molecule has 0 radical (unpaired) electrons. The van der Waals surface area contributed by atoms with Gasteiger partial charge in [-0.05, 0) is 24.3 Å². The molecule has 0 bridgehead atoms. The zero-order valence-corrected chi connectivity index (χ0v) is 12.5. The van der Waals surface area contributed by atoms with E-state index < -0.39 is 0 Å². The van der Waals surface area contributed by atoms with Gasteiger partial charge in [-0.2, -0.15) is 0 Å². The number of carbonyl (C=O) groups is 2. The first-order chi connectivity index (χ1) is 9.75. The highest BCUT2D eigenvalue weighted by molar-refractivity contribution is 5.97. The number of hydrogen-bond donors (Lipinski definition) is 2. The van der Waals surface area contributed by atoms with Gasteiger partial charge in [-0.15, -0.1) is 12.4 Å². The molecule has 114 valence electrons. The van der Waals surface area contributed by atoms with Gasteiger partial charge in [0.2, 0.25) is 0 Å². The molecule has 1 aromatic carbocycles. The van der Waals surface area contributed by atoms with Gasteiger partial charge in [0.05, 0.1) is 0 Å². The van der Waals surface area contributed by atoms with E-state index in [2.05, 4.69) is 10.6 Å². The fourth-order valence-corrected chi connectivity index (χ4v) is 2.55. The van der Waals surface area contributed by atoms with E-state index in [0.29, 0.717) is 18.7 Å². The van der Waals surface area contributed by atoms with Crippen LogP contribution in [0.2, 0.25) is 0 Å². The highest BCUT2D eigenvalue weighted by Gasteiger charge is 2.22. The molecule has 2 fully saturated rings. The lowest BCUT2D eigenvalue weighted by atomic mass is 10.1. The summed E-state index contributed by atoms with van der Waals surface area (Å²) in [6.07, 6.45) is 0. The second-order valence-electron chi connectivity index (χ2n) is 4.97. The number of piperazine rings is 1. The van der Waals surface area contributed by atoms with Gasteiger partial charge in [-0.25, -0.2) is 4.79 Å². The number of amides is 3. The normalized spacial score (nSPS) is 18.2. The van der Waals surface area contributed by atoms with Crippen LogP contribution in [0.25, 0.3) is 0 Å². The zero-order valence-electron chi connectivity index (χ0n) is 11.7. The molecule has 2 heterocycles. The van der Waals surface area contributed by atoms with Crippen molar-refractivity contribution < 1.29 is 9.59 Å². The van der Waals surface area contributed by atoms with Gasteiger partial charge >= 0.3 is 6.03 Å². The number of nitrogens with zero attached hydrogens (tertiary/aromatic N) is 2. The van der Waals surface area contributed by atoms with Crippen LogP contribution in [-0.2, 0) is 0 Å². The van der Waals surface area contributed by atoms with Crippen LogP contribution in [0.4, 0.5) is 10.5 Å². The Hall–Kier alpha value is -1.79. The van der Waals surface area contributed by atoms with Gasteiger partial charge in [0, 0.05) is 50.5 Å². The number of anilines is 1. The van der Waals surface area contributed by atoms with Crippen LogP contribution in [0.5, 0.6) is 0 Å². The van der Waals surface area contributed by atoms with Crippen LogP contribution < -0.4 is 15.5 Å². The number of urea groups is 1. The number of rotatable bonds is 2. The summed E-state index contributed by atoms with van der Waals surface area (Å²) in [5.41, 5.74) is 1.51. The Morgan fingerprint density at radius 1 is 1.00 bits per heavy atom. The van der Waals surface area contributed by atoms with E-state index in [1.165, 1.54) is 0 Å². The fraction of sp³-hybridized carbons (Fsp3) is 0.429. The van der Waals surface area contributed by atoms with E-state index in [4.69, 9.17) is 0 Å². The highest BCUT2D eigenvalue weighted by Crippen LogP contribution is 2.18. The Morgan fingerprint density at radius 2 is 1.67 bits per heavy atom. The van der Waals surface area contributed by atoms with Gasteiger partial charge in [0.25, 0.3) is 5.91 Å². The lowest BCUT2D eigenvalue weighted by Crippen LogP contribution is -2.46.